The van der Waals surface area contributed by atoms with Gasteiger partial charge in [0.1, 0.15) is 0 Å². The van der Waals surface area contributed by atoms with E-state index in [2.05, 4.69) is 10.6 Å². The second-order valence-corrected chi connectivity index (χ2v) is 5.40. The van der Waals surface area contributed by atoms with Gasteiger partial charge in [-0.1, -0.05) is 0 Å². The van der Waals surface area contributed by atoms with E-state index in [9.17, 15) is 18.0 Å². The number of carbonyl (C=O) groups is 1. The Bertz CT molecular complexity index is 819. The maximum Gasteiger partial charge on any atom is 0.323 e. The van der Waals surface area contributed by atoms with Crippen molar-refractivity contribution in [1.29, 1.82) is 0 Å². The molecule has 0 atom stereocenters. The Morgan fingerprint density at radius 2 is 1.43 bits per heavy atom. The highest BCUT2D eigenvalue weighted by Crippen LogP contribution is 2.40. The van der Waals surface area contributed by atoms with Crippen LogP contribution in [0.4, 0.5) is 29.3 Å². The van der Waals surface area contributed by atoms with Crippen LogP contribution >= 0.6 is 0 Å². The first kappa shape index (κ1) is 21.2. The van der Waals surface area contributed by atoms with Gasteiger partial charge in [0.2, 0.25) is 5.75 Å². The Hall–Kier alpha value is -3.10. The topological polar surface area (TPSA) is 68.8 Å². The number of ether oxygens (including phenoxy) is 3. The van der Waals surface area contributed by atoms with Crippen LogP contribution in [0.1, 0.15) is 20.8 Å². The zero-order valence-electron chi connectivity index (χ0n) is 15.7. The number of hydrogen-bond donors (Lipinski definition) is 2. The summed E-state index contributed by atoms with van der Waals surface area (Å²) >= 11 is 0. The van der Waals surface area contributed by atoms with Gasteiger partial charge < -0.3 is 24.8 Å². The number of urea groups is 1. The van der Waals surface area contributed by atoms with Crippen LogP contribution in [0.25, 0.3) is 0 Å². The van der Waals surface area contributed by atoms with Gasteiger partial charge in [0.25, 0.3) is 0 Å². The van der Waals surface area contributed by atoms with Crippen molar-refractivity contribution in [3.8, 4) is 17.2 Å². The van der Waals surface area contributed by atoms with Crippen molar-refractivity contribution in [2.24, 2.45) is 0 Å². The van der Waals surface area contributed by atoms with E-state index in [1.165, 1.54) is 12.1 Å². The van der Waals surface area contributed by atoms with Crippen molar-refractivity contribution in [3.05, 3.63) is 41.7 Å². The first-order valence-electron chi connectivity index (χ1n) is 8.69. The number of carbonyl (C=O) groups excluding carboxylic acids is 1. The van der Waals surface area contributed by atoms with E-state index in [4.69, 9.17) is 14.2 Å². The van der Waals surface area contributed by atoms with E-state index < -0.39 is 29.2 Å². The molecule has 0 spiro atoms. The minimum atomic E-state index is -1.67. The normalized spacial score (nSPS) is 10.4. The summed E-state index contributed by atoms with van der Waals surface area (Å²) in [5.74, 6) is -3.42. The van der Waals surface area contributed by atoms with Crippen molar-refractivity contribution in [1.82, 2.24) is 0 Å². The minimum absolute atomic E-state index is 0.274. The summed E-state index contributed by atoms with van der Waals surface area (Å²) in [6, 6.07) is 3.80. The lowest BCUT2D eigenvalue weighted by molar-refractivity contribution is 0.260. The fourth-order valence-electron chi connectivity index (χ4n) is 2.37. The summed E-state index contributed by atoms with van der Waals surface area (Å²) in [6.07, 6.45) is 0. The van der Waals surface area contributed by atoms with Crippen LogP contribution in [0, 0.1) is 17.5 Å². The smallest absolute Gasteiger partial charge is 0.323 e. The largest absolute Gasteiger partial charge is 0.490 e. The molecule has 0 aliphatic heterocycles. The van der Waals surface area contributed by atoms with Crippen LogP contribution in [-0.4, -0.2) is 25.9 Å². The Labute approximate surface area is 160 Å². The highest BCUT2D eigenvalue weighted by molar-refractivity contribution is 6.00. The lowest BCUT2D eigenvalue weighted by atomic mass is 10.2. The molecule has 28 heavy (non-hydrogen) atoms. The van der Waals surface area contributed by atoms with Gasteiger partial charge in [-0.25, -0.2) is 18.0 Å². The molecule has 2 rings (SSSR count). The summed E-state index contributed by atoms with van der Waals surface area (Å²) in [5.41, 5.74) is -0.228. The van der Waals surface area contributed by atoms with Crippen LogP contribution in [0.5, 0.6) is 17.2 Å². The molecule has 2 N–H and O–H groups in total. The number of nitrogens with one attached hydrogen (secondary N) is 2. The fraction of sp³-hybridized carbons (Fsp3) is 0.316. The lowest BCUT2D eigenvalue weighted by Gasteiger charge is -2.17. The molecular formula is C19H21F3N2O4. The second kappa shape index (κ2) is 9.72. The Kier molecular flexibility index (Phi) is 7.36. The van der Waals surface area contributed by atoms with Gasteiger partial charge in [0.15, 0.2) is 29.0 Å². The number of benzene rings is 2. The van der Waals surface area contributed by atoms with E-state index in [1.807, 2.05) is 0 Å². The van der Waals surface area contributed by atoms with Crippen molar-refractivity contribution in [3.63, 3.8) is 0 Å². The average molecular weight is 398 g/mol. The van der Waals surface area contributed by atoms with Gasteiger partial charge in [-0.3, -0.25) is 0 Å². The molecule has 2 amide bonds. The number of hydrogen-bond acceptors (Lipinski definition) is 4. The third-order valence-electron chi connectivity index (χ3n) is 3.45. The SMILES string of the molecule is CCOc1cc(NC(=O)Nc2ccc(F)c(F)c2F)cc(OCC)c1OCC. The molecule has 0 aromatic heterocycles. The van der Waals surface area contributed by atoms with Crippen LogP contribution in [0.2, 0.25) is 0 Å². The predicted octanol–water partition coefficient (Wildman–Crippen LogP) is 4.94. The van der Waals surface area contributed by atoms with Crippen molar-refractivity contribution < 1.29 is 32.2 Å². The molecule has 2 aromatic carbocycles. The van der Waals surface area contributed by atoms with E-state index in [0.29, 0.717) is 43.1 Å². The lowest BCUT2D eigenvalue weighted by Crippen LogP contribution is -2.20. The van der Waals surface area contributed by atoms with E-state index in [1.54, 1.807) is 20.8 Å². The van der Waals surface area contributed by atoms with Crippen LogP contribution < -0.4 is 24.8 Å². The van der Waals surface area contributed by atoms with Crippen molar-refractivity contribution in [2.75, 3.05) is 30.5 Å². The van der Waals surface area contributed by atoms with Gasteiger partial charge in [0, 0.05) is 12.1 Å². The summed E-state index contributed by atoms with van der Waals surface area (Å²) in [7, 11) is 0. The first-order chi connectivity index (χ1) is 13.4. The number of amides is 2. The summed E-state index contributed by atoms with van der Waals surface area (Å²) in [4.78, 5) is 12.2. The molecule has 152 valence electrons. The average Bonchev–Trinajstić information content (AvgIpc) is 2.65. The molecule has 2 aromatic rings. The summed E-state index contributed by atoms with van der Waals surface area (Å²) in [5, 5.41) is 4.60. The molecule has 0 aliphatic rings. The molecule has 0 saturated carbocycles. The highest BCUT2D eigenvalue weighted by atomic mass is 19.2. The molecule has 0 radical (unpaired) electrons. The molecule has 0 unspecified atom stereocenters. The molecule has 9 heteroatoms. The maximum absolute atomic E-state index is 13.7. The third kappa shape index (κ3) is 4.99. The van der Waals surface area contributed by atoms with Crippen molar-refractivity contribution in [2.45, 2.75) is 20.8 Å². The summed E-state index contributed by atoms with van der Waals surface area (Å²) in [6.45, 7) is 6.45. The van der Waals surface area contributed by atoms with Gasteiger partial charge in [-0.2, -0.15) is 0 Å². The Morgan fingerprint density at radius 3 is 1.96 bits per heavy atom. The zero-order chi connectivity index (χ0) is 20.7. The highest BCUT2D eigenvalue weighted by Gasteiger charge is 2.18. The second-order valence-electron chi connectivity index (χ2n) is 5.40. The molecule has 0 saturated heterocycles. The Morgan fingerprint density at radius 1 is 0.857 bits per heavy atom. The molecular weight excluding hydrogens is 377 g/mol. The van der Waals surface area contributed by atoms with Gasteiger partial charge in [0.05, 0.1) is 31.2 Å². The molecule has 6 nitrogen and oxygen atoms in total. The molecule has 0 bridgehead atoms. The van der Waals surface area contributed by atoms with Gasteiger partial charge >= 0.3 is 6.03 Å². The Balaban J connectivity index is 2.27. The van der Waals surface area contributed by atoms with Gasteiger partial charge in [-0.15, -0.1) is 0 Å². The maximum atomic E-state index is 13.7. The minimum Gasteiger partial charge on any atom is -0.490 e. The standard InChI is InChI=1S/C19H21F3N2O4/c1-4-26-14-9-11(10-15(27-5-2)18(14)28-6-3)23-19(25)24-13-8-7-12(20)16(21)17(13)22/h7-10H,4-6H2,1-3H3,(H2,23,24,25). The van der Waals surface area contributed by atoms with E-state index in [-0.39, 0.29) is 5.69 Å². The van der Waals surface area contributed by atoms with Crippen LogP contribution in [-0.2, 0) is 0 Å². The van der Waals surface area contributed by atoms with Crippen LogP contribution in [0.3, 0.4) is 0 Å². The zero-order valence-corrected chi connectivity index (χ0v) is 15.7. The third-order valence-corrected chi connectivity index (χ3v) is 3.45. The van der Waals surface area contributed by atoms with Crippen LogP contribution in [0.15, 0.2) is 24.3 Å². The summed E-state index contributed by atoms with van der Waals surface area (Å²) < 4.78 is 56.6. The van der Waals surface area contributed by atoms with Gasteiger partial charge in [-0.05, 0) is 32.9 Å². The van der Waals surface area contributed by atoms with E-state index >= 15 is 0 Å². The van der Waals surface area contributed by atoms with Crippen molar-refractivity contribution >= 4 is 17.4 Å². The number of halogens is 3. The molecule has 0 heterocycles. The molecule has 0 fully saturated rings. The fourth-order valence-corrected chi connectivity index (χ4v) is 2.37. The monoisotopic (exact) mass is 398 g/mol. The molecule has 0 aliphatic carbocycles. The predicted molar refractivity (Wildman–Crippen MR) is 98.9 cm³/mol. The number of rotatable bonds is 8. The van der Waals surface area contributed by atoms with E-state index in [0.717, 1.165) is 6.07 Å². The quantitative estimate of drug-likeness (QED) is 0.618. The number of anilines is 2. The first-order valence-corrected chi connectivity index (χ1v) is 8.69.